The third-order valence-corrected chi connectivity index (χ3v) is 3.56. The molecule has 6 nitrogen and oxygen atoms in total. The molecule has 0 radical (unpaired) electrons. The van der Waals surface area contributed by atoms with Crippen LogP contribution in [0.15, 0.2) is 36.7 Å². The van der Waals surface area contributed by atoms with Crippen molar-refractivity contribution in [2.75, 3.05) is 6.54 Å². The molecule has 1 aromatic carbocycles. The van der Waals surface area contributed by atoms with Gasteiger partial charge >= 0.3 is 0 Å². The van der Waals surface area contributed by atoms with Crippen molar-refractivity contribution in [3.8, 4) is 0 Å². The van der Waals surface area contributed by atoms with E-state index in [1.165, 1.54) is 11.3 Å². The van der Waals surface area contributed by atoms with Crippen molar-refractivity contribution in [1.82, 2.24) is 25.1 Å². The summed E-state index contributed by atoms with van der Waals surface area (Å²) in [4.78, 5) is 12.6. The zero-order chi connectivity index (χ0) is 13.1. The highest BCUT2D eigenvalue weighted by Gasteiger charge is 2.07. The summed E-state index contributed by atoms with van der Waals surface area (Å²) >= 11 is 1.48. The van der Waals surface area contributed by atoms with Gasteiger partial charge in [-0.3, -0.25) is 4.79 Å². The zero-order valence-electron chi connectivity index (χ0n) is 9.98. The molecule has 0 atom stereocenters. The van der Waals surface area contributed by atoms with Crippen LogP contribution in [0, 0.1) is 0 Å². The summed E-state index contributed by atoms with van der Waals surface area (Å²) in [7, 11) is 0. The molecular weight excluding hydrogens is 262 g/mol. The van der Waals surface area contributed by atoms with Crippen LogP contribution in [0.25, 0.3) is 4.96 Å². The van der Waals surface area contributed by atoms with Crippen LogP contribution in [0.5, 0.6) is 0 Å². The van der Waals surface area contributed by atoms with Crippen LogP contribution in [0.3, 0.4) is 0 Å². The second-order valence-electron chi connectivity index (χ2n) is 3.93. The summed E-state index contributed by atoms with van der Waals surface area (Å²) in [6, 6.07) is 9.16. The maximum Gasteiger partial charge on any atom is 0.251 e. The predicted octanol–water partition coefficient (Wildman–Crippen LogP) is 1.16. The lowest BCUT2D eigenvalue weighted by atomic mass is 10.2. The van der Waals surface area contributed by atoms with E-state index in [1.807, 2.05) is 18.2 Å². The summed E-state index contributed by atoms with van der Waals surface area (Å²) in [6.07, 6.45) is 2.25. The molecule has 0 aliphatic rings. The molecule has 0 aliphatic heterocycles. The van der Waals surface area contributed by atoms with E-state index in [4.69, 9.17) is 0 Å². The van der Waals surface area contributed by atoms with E-state index in [2.05, 4.69) is 20.6 Å². The molecule has 2 aromatic heterocycles. The average molecular weight is 273 g/mol. The Morgan fingerprint density at radius 3 is 2.95 bits per heavy atom. The maximum atomic E-state index is 11.8. The fourth-order valence-electron chi connectivity index (χ4n) is 1.68. The van der Waals surface area contributed by atoms with Crippen molar-refractivity contribution in [3.05, 3.63) is 47.2 Å². The van der Waals surface area contributed by atoms with Crippen LogP contribution in [0.1, 0.15) is 15.4 Å². The Morgan fingerprint density at radius 1 is 1.32 bits per heavy atom. The monoisotopic (exact) mass is 273 g/mol. The number of amides is 1. The molecule has 2 heterocycles. The number of rotatable bonds is 4. The van der Waals surface area contributed by atoms with Crippen LogP contribution in [-0.2, 0) is 6.42 Å². The smallest absolute Gasteiger partial charge is 0.251 e. The van der Waals surface area contributed by atoms with Crippen LogP contribution in [0.4, 0.5) is 0 Å². The Balaban J connectivity index is 1.56. The number of hydrogen-bond donors (Lipinski definition) is 1. The third kappa shape index (κ3) is 2.60. The summed E-state index contributed by atoms with van der Waals surface area (Å²) in [6.45, 7) is 0.553. The fourth-order valence-corrected chi connectivity index (χ4v) is 2.49. The van der Waals surface area contributed by atoms with E-state index < -0.39 is 0 Å². The van der Waals surface area contributed by atoms with Crippen molar-refractivity contribution >= 4 is 22.2 Å². The number of carbonyl (C=O) groups excluding carboxylic acids is 1. The van der Waals surface area contributed by atoms with Gasteiger partial charge < -0.3 is 5.32 Å². The van der Waals surface area contributed by atoms with E-state index in [-0.39, 0.29) is 5.91 Å². The van der Waals surface area contributed by atoms with Crippen molar-refractivity contribution < 1.29 is 4.79 Å². The number of benzene rings is 1. The first-order chi connectivity index (χ1) is 9.33. The largest absolute Gasteiger partial charge is 0.352 e. The standard InChI is InChI=1S/C12H11N5OS/c18-11(9-4-2-1-3-5-9)13-7-6-10-16-17-8-14-15-12(17)19-10/h1-5,8H,6-7H2,(H,13,18). The lowest BCUT2D eigenvalue weighted by molar-refractivity contribution is 0.0954. The van der Waals surface area contributed by atoms with Gasteiger partial charge in [-0.1, -0.05) is 29.5 Å². The van der Waals surface area contributed by atoms with Gasteiger partial charge in [-0.25, -0.2) is 0 Å². The molecule has 96 valence electrons. The van der Waals surface area contributed by atoms with Gasteiger partial charge in [0.1, 0.15) is 11.3 Å². The first-order valence-electron chi connectivity index (χ1n) is 5.82. The molecule has 7 heteroatoms. The van der Waals surface area contributed by atoms with Gasteiger partial charge in [0, 0.05) is 18.5 Å². The molecule has 19 heavy (non-hydrogen) atoms. The van der Waals surface area contributed by atoms with Crippen LogP contribution in [-0.4, -0.2) is 32.3 Å². The van der Waals surface area contributed by atoms with Crippen molar-refractivity contribution in [3.63, 3.8) is 0 Å². The molecule has 3 aromatic rings. The molecule has 0 aliphatic carbocycles. The first-order valence-corrected chi connectivity index (χ1v) is 6.63. The number of hydrogen-bond acceptors (Lipinski definition) is 5. The average Bonchev–Trinajstić information content (AvgIpc) is 3.00. The van der Waals surface area contributed by atoms with Crippen molar-refractivity contribution in [2.45, 2.75) is 6.42 Å². The summed E-state index contributed by atoms with van der Waals surface area (Å²) in [5, 5.41) is 15.8. The third-order valence-electron chi connectivity index (χ3n) is 2.59. The zero-order valence-corrected chi connectivity index (χ0v) is 10.8. The number of aromatic nitrogens is 4. The Bertz CT molecular complexity index is 662. The summed E-state index contributed by atoms with van der Waals surface area (Å²) < 4.78 is 1.64. The molecule has 3 rings (SSSR count). The fraction of sp³-hybridized carbons (Fsp3) is 0.167. The highest BCUT2D eigenvalue weighted by atomic mass is 32.1. The van der Waals surface area contributed by atoms with Gasteiger partial charge in [0.25, 0.3) is 5.91 Å². The molecule has 1 amide bonds. The molecule has 0 saturated carbocycles. The predicted molar refractivity (Wildman–Crippen MR) is 71.1 cm³/mol. The van der Waals surface area contributed by atoms with E-state index in [0.717, 1.165) is 9.97 Å². The minimum atomic E-state index is -0.0661. The van der Waals surface area contributed by atoms with Gasteiger partial charge in [0.15, 0.2) is 0 Å². The number of nitrogens with one attached hydrogen (secondary N) is 1. The SMILES string of the molecule is O=C(NCCc1nn2cnnc2s1)c1ccccc1. The van der Waals surface area contributed by atoms with Gasteiger partial charge in [-0.2, -0.15) is 9.61 Å². The topological polar surface area (TPSA) is 72.2 Å². The number of carbonyl (C=O) groups is 1. The van der Waals surface area contributed by atoms with E-state index >= 15 is 0 Å². The molecule has 1 N–H and O–H groups in total. The molecular formula is C12H11N5OS. The summed E-state index contributed by atoms with van der Waals surface area (Å²) in [5.41, 5.74) is 0.667. The number of fused-ring (bicyclic) bond motifs is 1. The Hall–Kier alpha value is -2.28. The quantitative estimate of drug-likeness (QED) is 0.774. The highest BCUT2D eigenvalue weighted by molar-refractivity contribution is 7.16. The lowest BCUT2D eigenvalue weighted by Crippen LogP contribution is -2.25. The highest BCUT2D eigenvalue weighted by Crippen LogP contribution is 2.11. The minimum absolute atomic E-state index is 0.0661. The Labute approximate surface area is 113 Å². The van der Waals surface area contributed by atoms with E-state index in [0.29, 0.717) is 18.5 Å². The Morgan fingerprint density at radius 2 is 2.16 bits per heavy atom. The first kappa shape index (κ1) is 11.8. The van der Waals surface area contributed by atoms with Crippen molar-refractivity contribution in [1.29, 1.82) is 0 Å². The van der Waals surface area contributed by atoms with Gasteiger partial charge in [-0.15, -0.1) is 10.2 Å². The summed E-state index contributed by atoms with van der Waals surface area (Å²) in [5.74, 6) is -0.0661. The maximum absolute atomic E-state index is 11.8. The van der Waals surface area contributed by atoms with Crippen LogP contribution in [0.2, 0.25) is 0 Å². The molecule has 0 fully saturated rings. The van der Waals surface area contributed by atoms with Gasteiger partial charge in [0.2, 0.25) is 4.96 Å². The van der Waals surface area contributed by atoms with Crippen LogP contribution < -0.4 is 5.32 Å². The molecule has 0 saturated heterocycles. The van der Waals surface area contributed by atoms with E-state index in [9.17, 15) is 4.79 Å². The second-order valence-corrected chi connectivity index (χ2v) is 4.97. The normalized spacial score (nSPS) is 10.7. The van der Waals surface area contributed by atoms with E-state index in [1.54, 1.807) is 23.0 Å². The second kappa shape index (κ2) is 5.15. The molecule has 0 unspecified atom stereocenters. The number of nitrogens with zero attached hydrogens (tertiary/aromatic N) is 4. The minimum Gasteiger partial charge on any atom is -0.352 e. The van der Waals surface area contributed by atoms with Gasteiger partial charge in [0.05, 0.1) is 0 Å². The van der Waals surface area contributed by atoms with Gasteiger partial charge in [-0.05, 0) is 12.1 Å². The van der Waals surface area contributed by atoms with Crippen molar-refractivity contribution in [2.24, 2.45) is 0 Å². The van der Waals surface area contributed by atoms with Crippen LogP contribution >= 0.6 is 11.3 Å². The molecule has 0 spiro atoms. The molecule has 0 bridgehead atoms. The lowest BCUT2D eigenvalue weighted by Gasteiger charge is -2.03. The Kier molecular flexibility index (Phi) is 3.20.